The highest BCUT2D eigenvalue weighted by molar-refractivity contribution is 5.87. The van der Waals surface area contributed by atoms with E-state index in [0.717, 1.165) is 28.2 Å². The summed E-state index contributed by atoms with van der Waals surface area (Å²) in [5.41, 5.74) is 7.16. The van der Waals surface area contributed by atoms with E-state index in [1.165, 1.54) is 0 Å². The number of anilines is 2. The molecular formula is C15H15N3O2. The predicted octanol–water partition coefficient (Wildman–Crippen LogP) is 2.90. The first-order chi connectivity index (χ1) is 9.83. The molecule has 2 aromatic heterocycles. The zero-order valence-electron chi connectivity index (χ0n) is 10.9. The lowest BCUT2D eigenvalue weighted by Gasteiger charge is -2.08. The van der Waals surface area contributed by atoms with Gasteiger partial charge in [0.1, 0.15) is 23.8 Å². The second kappa shape index (κ2) is 5.52. The van der Waals surface area contributed by atoms with Crippen LogP contribution in [0.1, 0.15) is 0 Å². The van der Waals surface area contributed by atoms with Crippen LogP contribution in [0.4, 0.5) is 11.5 Å². The van der Waals surface area contributed by atoms with Crippen LogP contribution in [-0.2, 0) is 0 Å². The largest absolute Gasteiger partial charge is 0.492 e. The monoisotopic (exact) mass is 269 g/mol. The summed E-state index contributed by atoms with van der Waals surface area (Å²) in [6.07, 6.45) is 3.37. The molecule has 0 saturated heterocycles. The average Bonchev–Trinajstić information content (AvgIpc) is 2.94. The van der Waals surface area contributed by atoms with Crippen LogP contribution in [0, 0.1) is 0 Å². The fourth-order valence-corrected chi connectivity index (χ4v) is 1.94. The Bertz CT molecular complexity index is 692. The molecule has 0 aliphatic heterocycles. The topological polar surface area (TPSA) is 73.3 Å². The highest BCUT2D eigenvalue weighted by Gasteiger charge is 2.03. The second-order valence-corrected chi connectivity index (χ2v) is 4.34. The Kier molecular flexibility index (Phi) is 3.41. The third kappa shape index (κ3) is 2.66. The van der Waals surface area contributed by atoms with Crippen LogP contribution in [0.5, 0.6) is 5.75 Å². The first-order valence-corrected chi connectivity index (χ1v) is 6.37. The van der Waals surface area contributed by atoms with E-state index in [1.807, 2.05) is 36.4 Å². The van der Waals surface area contributed by atoms with Crippen molar-refractivity contribution in [1.82, 2.24) is 4.98 Å². The van der Waals surface area contributed by atoms with E-state index >= 15 is 0 Å². The van der Waals surface area contributed by atoms with Crippen LogP contribution in [-0.4, -0.2) is 18.1 Å². The minimum Gasteiger partial charge on any atom is -0.492 e. The smallest absolute Gasteiger partial charge is 0.139 e. The Hall–Kier alpha value is -2.69. The van der Waals surface area contributed by atoms with Crippen molar-refractivity contribution in [2.75, 3.05) is 24.2 Å². The Morgan fingerprint density at radius 2 is 2.00 bits per heavy atom. The molecule has 2 heterocycles. The van der Waals surface area contributed by atoms with Gasteiger partial charge in [0.15, 0.2) is 0 Å². The number of rotatable bonds is 5. The summed E-state index contributed by atoms with van der Waals surface area (Å²) in [6.45, 7) is 1.20. The Morgan fingerprint density at radius 1 is 1.15 bits per heavy atom. The van der Waals surface area contributed by atoms with Gasteiger partial charge in [-0.05, 0) is 36.4 Å². The van der Waals surface area contributed by atoms with Gasteiger partial charge >= 0.3 is 0 Å². The molecule has 102 valence electrons. The first kappa shape index (κ1) is 12.3. The summed E-state index contributed by atoms with van der Waals surface area (Å²) in [6, 6.07) is 11.1. The third-order valence-electron chi connectivity index (χ3n) is 2.92. The van der Waals surface area contributed by atoms with Crippen molar-refractivity contribution in [1.29, 1.82) is 0 Å². The van der Waals surface area contributed by atoms with Crippen LogP contribution in [0.3, 0.4) is 0 Å². The van der Waals surface area contributed by atoms with Crippen LogP contribution in [0.2, 0.25) is 0 Å². The van der Waals surface area contributed by atoms with E-state index in [2.05, 4.69) is 10.3 Å². The van der Waals surface area contributed by atoms with Crippen LogP contribution >= 0.6 is 0 Å². The SMILES string of the molecule is Nc1ccc(OCCNc2nccc3occc23)cc1. The van der Waals surface area contributed by atoms with Gasteiger partial charge in [-0.1, -0.05) is 0 Å². The third-order valence-corrected chi connectivity index (χ3v) is 2.92. The molecule has 0 radical (unpaired) electrons. The molecule has 5 nitrogen and oxygen atoms in total. The minimum absolute atomic E-state index is 0.542. The maximum absolute atomic E-state index is 5.62. The number of nitrogens with two attached hydrogens (primary N) is 1. The molecule has 20 heavy (non-hydrogen) atoms. The van der Waals surface area contributed by atoms with Gasteiger partial charge in [-0.15, -0.1) is 0 Å². The number of nitrogens with zero attached hydrogens (tertiary/aromatic N) is 1. The molecule has 0 amide bonds. The van der Waals surface area contributed by atoms with Gasteiger partial charge in [-0.25, -0.2) is 4.98 Å². The lowest BCUT2D eigenvalue weighted by Crippen LogP contribution is -2.12. The van der Waals surface area contributed by atoms with Crippen LogP contribution in [0.25, 0.3) is 11.0 Å². The van der Waals surface area contributed by atoms with Crippen molar-refractivity contribution in [3.8, 4) is 5.75 Å². The predicted molar refractivity (Wildman–Crippen MR) is 78.8 cm³/mol. The molecule has 3 aromatic rings. The van der Waals surface area contributed by atoms with Gasteiger partial charge in [-0.3, -0.25) is 0 Å². The van der Waals surface area contributed by atoms with E-state index in [0.29, 0.717) is 13.2 Å². The zero-order chi connectivity index (χ0) is 13.8. The molecular weight excluding hydrogens is 254 g/mol. The van der Waals surface area contributed by atoms with Crippen molar-refractivity contribution in [2.45, 2.75) is 0 Å². The molecule has 0 fully saturated rings. The molecule has 0 unspecified atom stereocenters. The van der Waals surface area contributed by atoms with Crippen molar-refractivity contribution >= 4 is 22.5 Å². The summed E-state index contributed by atoms with van der Waals surface area (Å²) in [7, 11) is 0. The lowest BCUT2D eigenvalue weighted by atomic mass is 10.3. The highest BCUT2D eigenvalue weighted by atomic mass is 16.5. The number of pyridine rings is 1. The Labute approximate surface area is 116 Å². The van der Waals surface area contributed by atoms with Gasteiger partial charge in [-0.2, -0.15) is 0 Å². The maximum atomic E-state index is 5.62. The number of hydrogen-bond acceptors (Lipinski definition) is 5. The van der Waals surface area contributed by atoms with E-state index in [1.54, 1.807) is 12.5 Å². The van der Waals surface area contributed by atoms with Gasteiger partial charge in [0.2, 0.25) is 0 Å². The molecule has 5 heteroatoms. The Morgan fingerprint density at radius 3 is 2.85 bits per heavy atom. The maximum Gasteiger partial charge on any atom is 0.139 e. The van der Waals surface area contributed by atoms with Crippen molar-refractivity contribution in [3.63, 3.8) is 0 Å². The number of nitrogen functional groups attached to an aromatic ring is 1. The fraction of sp³-hybridized carbons (Fsp3) is 0.133. The van der Waals surface area contributed by atoms with Gasteiger partial charge < -0.3 is 20.2 Å². The zero-order valence-corrected chi connectivity index (χ0v) is 10.9. The normalized spacial score (nSPS) is 10.6. The number of nitrogens with one attached hydrogen (secondary N) is 1. The van der Waals surface area contributed by atoms with E-state index in [4.69, 9.17) is 14.9 Å². The molecule has 0 saturated carbocycles. The van der Waals surface area contributed by atoms with Crippen molar-refractivity contribution < 1.29 is 9.15 Å². The summed E-state index contributed by atoms with van der Waals surface area (Å²) in [5.74, 6) is 1.60. The molecule has 3 N–H and O–H groups in total. The second-order valence-electron chi connectivity index (χ2n) is 4.34. The average molecular weight is 269 g/mol. The van der Waals surface area contributed by atoms with Gasteiger partial charge in [0.05, 0.1) is 18.2 Å². The summed E-state index contributed by atoms with van der Waals surface area (Å²) < 4.78 is 10.9. The van der Waals surface area contributed by atoms with Crippen molar-refractivity contribution in [3.05, 3.63) is 48.9 Å². The summed E-state index contributed by atoms with van der Waals surface area (Å²) in [4.78, 5) is 4.29. The quantitative estimate of drug-likeness (QED) is 0.550. The molecule has 0 aliphatic rings. The number of fused-ring (bicyclic) bond motifs is 1. The van der Waals surface area contributed by atoms with Crippen LogP contribution in [0.15, 0.2) is 53.3 Å². The number of benzene rings is 1. The fourth-order valence-electron chi connectivity index (χ4n) is 1.94. The van der Waals surface area contributed by atoms with Crippen LogP contribution < -0.4 is 15.8 Å². The molecule has 1 aromatic carbocycles. The molecule has 3 rings (SSSR count). The lowest BCUT2D eigenvalue weighted by molar-refractivity contribution is 0.333. The number of furan rings is 1. The van der Waals surface area contributed by atoms with Gasteiger partial charge in [0.25, 0.3) is 0 Å². The van der Waals surface area contributed by atoms with Crippen molar-refractivity contribution in [2.24, 2.45) is 0 Å². The number of aromatic nitrogens is 1. The van der Waals surface area contributed by atoms with Gasteiger partial charge in [0, 0.05) is 11.9 Å². The van der Waals surface area contributed by atoms with E-state index < -0.39 is 0 Å². The first-order valence-electron chi connectivity index (χ1n) is 6.37. The molecule has 0 bridgehead atoms. The molecule has 0 atom stereocenters. The molecule has 0 spiro atoms. The molecule has 0 aliphatic carbocycles. The Balaban J connectivity index is 1.55. The number of ether oxygens (including phenoxy) is 1. The summed E-state index contributed by atoms with van der Waals surface area (Å²) >= 11 is 0. The standard InChI is InChI=1S/C15H15N3O2/c16-11-1-3-12(4-2-11)19-10-8-18-15-13-6-9-20-14(13)5-7-17-15/h1-7,9H,8,10,16H2,(H,17,18). The highest BCUT2D eigenvalue weighted by Crippen LogP contribution is 2.21. The number of hydrogen-bond donors (Lipinski definition) is 2. The summed E-state index contributed by atoms with van der Waals surface area (Å²) in [5, 5.41) is 4.21. The minimum atomic E-state index is 0.542. The van der Waals surface area contributed by atoms with E-state index in [9.17, 15) is 0 Å². The van der Waals surface area contributed by atoms with E-state index in [-0.39, 0.29) is 0 Å².